The molecule has 6 heteroatoms. The first-order valence-corrected chi connectivity index (χ1v) is 23.6. The van der Waals surface area contributed by atoms with E-state index >= 15 is 0 Å². The summed E-state index contributed by atoms with van der Waals surface area (Å²) in [5.41, 5.74) is 15.7. The third-order valence-electron chi connectivity index (χ3n) is 14.2. The van der Waals surface area contributed by atoms with E-state index in [1.54, 1.807) is 7.11 Å². The normalized spacial score (nSPS) is 19.9. The monoisotopic (exact) mass is 860 g/mol. The number of ether oxygens (including phenoxy) is 4. The van der Waals surface area contributed by atoms with Crippen molar-refractivity contribution in [2.45, 2.75) is 76.7 Å². The zero-order valence-corrected chi connectivity index (χ0v) is 37.9. The van der Waals surface area contributed by atoms with Gasteiger partial charge >= 0.3 is 0 Å². The van der Waals surface area contributed by atoms with E-state index in [1.165, 1.54) is 65.5 Å². The van der Waals surface area contributed by atoms with Gasteiger partial charge in [0.2, 0.25) is 0 Å². The summed E-state index contributed by atoms with van der Waals surface area (Å²) in [6, 6.07) is 48.9. The minimum absolute atomic E-state index is 0.297. The highest BCUT2D eigenvalue weighted by Crippen LogP contribution is 2.56. The summed E-state index contributed by atoms with van der Waals surface area (Å²) < 4.78 is 25.6. The number of nitrogens with two attached hydrogens (primary N) is 1. The molecule has 3 atom stereocenters. The van der Waals surface area contributed by atoms with Crippen molar-refractivity contribution in [1.82, 2.24) is 5.32 Å². The van der Waals surface area contributed by atoms with Crippen molar-refractivity contribution in [2.75, 3.05) is 20.2 Å². The molecule has 1 fully saturated rings. The number of nitrogens with one attached hydrogen (secondary N) is 1. The second-order valence-corrected chi connectivity index (χ2v) is 18.8. The minimum Gasteiger partial charge on any atom is -0.497 e. The van der Waals surface area contributed by atoms with Crippen LogP contribution in [-0.4, -0.2) is 20.2 Å². The average Bonchev–Trinajstić information content (AvgIpc) is 3.58. The summed E-state index contributed by atoms with van der Waals surface area (Å²) in [6.45, 7) is 6.47. The molecular weight excluding hydrogens is 801 g/mol. The molecule has 3 N–H and O–H groups in total. The number of piperidine rings is 1. The summed E-state index contributed by atoms with van der Waals surface area (Å²) in [4.78, 5) is 0. The van der Waals surface area contributed by atoms with Crippen LogP contribution in [0.5, 0.6) is 40.2 Å². The molecule has 7 aromatic carbocycles. The zero-order valence-electron chi connectivity index (χ0n) is 37.9. The number of hydrogen-bond donors (Lipinski definition) is 2. The molecule has 0 radical (unpaired) electrons. The lowest BCUT2D eigenvalue weighted by Crippen LogP contribution is -2.33. The Morgan fingerprint density at radius 1 is 0.646 bits per heavy atom. The molecule has 7 aromatic rings. The first-order valence-electron chi connectivity index (χ1n) is 23.6. The van der Waals surface area contributed by atoms with Gasteiger partial charge in [-0.25, -0.2) is 0 Å². The minimum atomic E-state index is -0.297. The molecule has 6 nitrogen and oxygen atoms in total. The lowest BCUT2D eigenvalue weighted by molar-refractivity contribution is 0.286. The van der Waals surface area contributed by atoms with Crippen molar-refractivity contribution in [1.29, 1.82) is 0 Å². The van der Waals surface area contributed by atoms with Crippen LogP contribution in [0.15, 0.2) is 140 Å². The molecule has 17 rings (SSSR count). The number of methoxy groups -OCH3 is 1. The predicted octanol–water partition coefficient (Wildman–Crippen LogP) is 14.8. The molecule has 3 unspecified atom stereocenters. The van der Waals surface area contributed by atoms with Crippen molar-refractivity contribution in [2.24, 2.45) is 17.6 Å². The molecule has 10 bridgehead atoms. The van der Waals surface area contributed by atoms with Crippen LogP contribution < -0.4 is 30.0 Å². The molecular formula is C59H60N2O4. The van der Waals surface area contributed by atoms with Crippen LogP contribution in [0.3, 0.4) is 0 Å². The first-order chi connectivity index (χ1) is 31.8. The Balaban J connectivity index is 1.00. The highest BCUT2D eigenvalue weighted by Gasteiger charge is 2.40. The molecule has 330 valence electrons. The lowest BCUT2D eigenvalue weighted by atomic mass is 9.79. The van der Waals surface area contributed by atoms with Gasteiger partial charge in [0.1, 0.15) is 40.2 Å². The zero-order chi connectivity index (χ0) is 44.3. The Kier molecular flexibility index (Phi) is 12.2. The molecule has 9 aliphatic heterocycles. The molecule has 10 aliphatic rings. The van der Waals surface area contributed by atoms with Crippen LogP contribution in [0.2, 0.25) is 0 Å². The van der Waals surface area contributed by atoms with Crippen molar-refractivity contribution in [3.05, 3.63) is 173 Å². The summed E-state index contributed by atoms with van der Waals surface area (Å²) in [7, 11) is 1.71. The molecule has 0 aromatic heterocycles. The van der Waals surface area contributed by atoms with E-state index in [9.17, 15) is 0 Å². The number of benzene rings is 7. The maximum absolute atomic E-state index is 7.07. The Morgan fingerprint density at radius 2 is 1.29 bits per heavy atom. The van der Waals surface area contributed by atoms with E-state index in [1.807, 2.05) is 42.5 Å². The van der Waals surface area contributed by atoms with Gasteiger partial charge in [0.15, 0.2) is 0 Å². The molecule has 65 heavy (non-hydrogen) atoms. The van der Waals surface area contributed by atoms with Crippen LogP contribution in [0.25, 0.3) is 34.1 Å². The highest BCUT2D eigenvalue weighted by atomic mass is 16.5. The molecule has 1 aliphatic carbocycles. The Labute approximate surface area is 384 Å². The fourth-order valence-corrected chi connectivity index (χ4v) is 10.6. The molecule has 0 saturated carbocycles. The van der Waals surface area contributed by atoms with Gasteiger partial charge in [-0.15, -0.1) is 0 Å². The van der Waals surface area contributed by atoms with Crippen LogP contribution >= 0.6 is 0 Å². The quantitative estimate of drug-likeness (QED) is 0.180. The largest absolute Gasteiger partial charge is 0.497 e. The van der Waals surface area contributed by atoms with Crippen LogP contribution in [0, 0.1) is 11.8 Å². The molecule has 0 amide bonds. The summed E-state index contributed by atoms with van der Waals surface area (Å²) >= 11 is 0. The average molecular weight is 861 g/mol. The number of aryl methyl sites for hydroxylation is 1. The topological polar surface area (TPSA) is 75.0 Å². The van der Waals surface area contributed by atoms with E-state index in [-0.39, 0.29) is 5.41 Å². The van der Waals surface area contributed by atoms with Gasteiger partial charge in [-0.1, -0.05) is 93.1 Å². The third kappa shape index (κ3) is 9.03. The van der Waals surface area contributed by atoms with Gasteiger partial charge in [-0.3, -0.25) is 0 Å². The number of fused-ring (bicyclic) bond motifs is 6. The SMILES string of the molecule is COc1ccc2c3c(c4c(c2c1)Oc1ccc(cc1)Oc1ccc(cc1)C1CCC(CCCC(CN)CCCc2ccc(cc2)Oc2ccc(cc2)/C=C\4)CN1)C(C)(C)c1ccccc1-3. The smallest absolute Gasteiger partial charge is 0.142 e. The van der Waals surface area contributed by atoms with E-state index in [0.29, 0.717) is 17.7 Å². The van der Waals surface area contributed by atoms with E-state index in [0.717, 1.165) is 94.7 Å². The second kappa shape index (κ2) is 18.6. The first kappa shape index (κ1) is 42.6. The van der Waals surface area contributed by atoms with Crippen molar-refractivity contribution in [3.63, 3.8) is 0 Å². The van der Waals surface area contributed by atoms with Crippen molar-refractivity contribution < 1.29 is 18.9 Å². The fourth-order valence-electron chi connectivity index (χ4n) is 10.6. The highest BCUT2D eigenvalue weighted by molar-refractivity contribution is 6.09. The van der Waals surface area contributed by atoms with Gasteiger partial charge in [0, 0.05) is 22.4 Å². The summed E-state index contributed by atoms with van der Waals surface area (Å²) in [5, 5.41) is 5.96. The summed E-state index contributed by atoms with van der Waals surface area (Å²) in [6.07, 6.45) is 13.9. The van der Waals surface area contributed by atoms with Gasteiger partial charge in [0.25, 0.3) is 0 Å². The third-order valence-corrected chi connectivity index (χ3v) is 14.2. The Hall–Kier alpha value is -6.34. The van der Waals surface area contributed by atoms with Gasteiger partial charge < -0.3 is 30.0 Å². The van der Waals surface area contributed by atoms with Crippen LogP contribution in [-0.2, 0) is 11.8 Å². The number of rotatable bonds is 2. The Morgan fingerprint density at radius 3 is 1.97 bits per heavy atom. The van der Waals surface area contributed by atoms with Crippen molar-refractivity contribution in [3.8, 4) is 51.4 Å². The maximum atomic E-state index is 7.07. The van der Waals surface area contributed by atoms with Crippen LogP contribution in [0.1, 0.15) is 98.2 Å². The van der Waals surface area contributed by atoms with Gasteiger partial charge in [0.05, 0.1) is 7.11 Å². The van der Waals surface area contributed by atoms with Gasteiger partial charge in [-0.2, -0.15) is 0 Å². The maximum Gasteiger partial charge on any atom is 0.142 e. The Bertz CT molecular complexity index is 2780. The molecule has 1 saturated heterocycles. The van der Waals surface area contributed by atoms with Gasteiger partial charge in [-0.05, 0) is 193 Å². The van der Waals surface area contributed by atoms with Crippen molar-refractivity contribution >= 4 is 22.9 Å². The molecule has 9 heterocycles. The van der Waals surface area contributed by atoms with Crippen LogP contribution in [0.4, 0.5) is 0 Å². The standard InChI is InChI=1S/C59H60N2O4/c1-59(2)54-13-5-4-12-51(54)56-50-34-32-49(62-3)36-53(50)58-52(57(56)59)33-18-40-16-24-45(25-17-40)63-44-22-14-39(15-23-44)8-6-9-41(37-60)10-7-11-42-19-35-55(61-38-42)43-20-26-46(27-21-43)64-47-28-30-48(65-58)31-29-47/h4-5,12-18,20-34,36,41-42,55,61H,6-11,19,35,37-38,60H2,1-3H3/b33-18-. The van der Waals surface area contributed by atoms with E-state index in [2.05, 4.69) is 128 Å². The molecule has 0 spiro atoms. The van der Waals surface area contributed by atoms with E-state index < -0.39 is 0 Å². The predicted molar refractivity (Wildman–Crippen MR) is 266 cm³/mol. The van der Waals surface area contributed by atoms with E-state index in [4.69, 9.17) is 24.7 Å². The lowest BCUT2D eigenvalue weighted by Gasteiger charge is -2.30. The number of hydrogen-bond acceptors (Lipinski definition) is 6. The second-order valence-electron chi connectivity index (χ2n) is 18.8. The summed E-state index contributed by atoms with van der Waals surface area (Å²) in [5.74, 6) is 6.76. The fraction of sp³-hybridized carbons (Fsp3) is 0.288.